The Bertz CT molecular complexity index is 560. The van der Waals surface area contributed by atoms with Gasteiger partial charge in [-0.2, -0.15) is 13.2 Å². The van der Waals surface area contributed by atoms with Crippen molar-refractivity contribution in [3.8, 4) is 0 Å². The summed E-state index contributed by atoms with van der Waals surface area (Å²) in [5.74, 6) is 0.0156. The summed E-state index contributed by atoms with van der Waals surface area (Å²) in [4.78, 5) is 0.697. The van der Waals surface area contributed by atoms with Crippen LogP contribution in [-0.2, 0) is 0 Å². The fourth-order valence-corrected chi connectivity index (χ4v) is 6.08. The molecule has 1 atom stereocenters. The number of halogens is 4. The molecule has 0 amide bonds. The number of alkyl halides is 3. The molecular formula is C14H14ClF3S. The third-order valence-electron chi connectivity index (χ3n) is 3.92. The van der Waals surface area contributed by atoms with E-state index in [1.807, 2.05) is 6.92 Å². The van der Waals surface area contributed by atoms with E-state index in [1.54, 1.807) is 24.3 Å². The van der Waals surface area contributed by atoms with E-state index in [-0.39, 0.29) is 10.8 Å². The van der Waals surface area contributed by atoms with E-state index in [1.165, 1.54) is 0 Å². The molecule has 0 radical (unpaired) electrons. The van der Waals surface area contributed by atoms with E-state index in [0.717, 1.165) is 24.8 Å². The standard InChI is InChI=1S/C14H14ClF3S/c1-9-5-6-12-11(7-9)8-13(10-3-2-4-10)19(12,15)14(16,17)18/h5-8,10H,2-4H2,1H3. The number of hydrogen-bond acceptors (Lipinski definition) is 0. The molecule has 1 aromatic carbocycles. The van der Waals surface area contributed by atoms with E-state index in [9.17, 15) is 13.2 Å². The van der Waals surface area contributed by atoms with Gasteiger partial charge in [-0.05, 0) is 68.2 Å². The molecule has 1 fully saturated rings. The van der Waals surface area contributed by atoms with E-state index >= 15 is 0 Å². The van der Waals surface area contributed by atoms with Crippen LogP contribution in [-0.4, -0.2) is 5.51 Å². The van der Waals surface area contributed by atoms with Crippen molar-refractivity contribution < 1.29 is 13.2 Å². The van der Waals surface area contributed by atoms with Crippen molar-refractivity contribution in [2.75, 3.05) is 0 Å². The molecule has 1 unspecified atom stereocenters. The lowest BCUT2D eigenvalue weighted by Gasteiger charge is -2.40. The molecule has 1 aromatic rings. The molecule has 0 N–H and O–H groups in total. The first-order valence-electron chi connectivity index (χ1n) is 6.25. The molecule has 1 aliphatic heterocycles. The van der Waals surface area contributed by atoms with Gasteiger partial charge < -0.3 is 0 Å². The minimum absolute atomic E-state index is 0.0156. The molecule has 3 rings (SSSR count). The maximum atomic E-state index is 13.6. The number of allylic oxidation sites excluding steroid dienone is 1. The number of rotatable bonds is 1. The third kappa shape index (κ3) is 1.83. The predicted octanol–water partition coefficient (Wildman–Crippen LogP) is 5.99. The zero-order chi connectivity index (χ0) is 13.8. The summed E-state index contributed by atoms with van der Waals surface area (Å²) in [6.45, 7) is 1.88. The van der Waals surface area contributed by atoms with E-state index < -0.39 is 14.7 Å². The van der Waals surface area contributed by atoms with Gasteiger partial charge in [-0.3, -0.25) is 0 Å². The Balaban J connectivity index is 2.17. The van der Waals surface area contributed by atoms with Gasteiger partial charge in [0.15, 0.2) is 0 Å². The van der Waals surface area contributed by atoms with Crippen molar-refractivity contribution in [2.45, 2.75) is 36.6 Å². The number of hydrogen-bond donors (Lipinski definition) is 0. The largest absolute Gasteiger partial charge is 0.445 e. The topological polar surface area (TPSA) is 0 Å². The van der Waals surface area contributed by atoms with Crippen LogP contribution >= 0.6 is 19.9 Å². The molecule has 19 heavy (non-hydrogen) atoms. The Kier molecular flexibility index (Phi) is 2.95. The Morgan fingerprint density at radius 1 is 1.26 bits per heavy atom. The van der Waals surface area contributed by atoms with Crippen molar-refractivity contribution in [2.24, 2.45) is 5.92 Å². The van der Waals surface area contributed by atoms with Crippen LogP contribution in [0.5, 0.6) is 0 Å². The van der Waals surface area contributed by atoms with Crippen molar-refractivity contribution in [1.82, 2.24) is 0 Å². The van der Waals surface area contributed by atoms with E-state index in [4.69, 9.17) is 10.7 Å². The lowest BCUT2D eigenvalue weighted by molar-refractivity contribution is -0.0362. The van der Waals surface area contributed by atoms with Gasteiger partial charge in [0, 0.05) is 4.90 Å². The minimum Gasteiger partial charge on any atom is -0.160 e. The second-order valence-corrected chi connectivity index (χ2v) is 9.04. The summed E-state index contributed by atoms with van der Waals surface area (Å²) in [6, 6.07) is 5.08. The molecule has 0 bridgehead atoms. The molecule has 0 spiro atoms. The molecular weight excluding hydrogens is 293 g/mol. The molecule has 1 heterocycles. The maximum absolute atomic E-state index is 13.6. The zero-order valence-corrected chi connectivity index (χ0v) is 12.0. The highest BCUT2D eigenvalue weighted by molar-refractivity contribution is 8.54. The monoisotopic (exact) mass is 306 g/mol. The lowest BCUT2D eigenvalue weighted by atomic mass is 9.84. The highest BCUT2D eigenvalue weighted by Crippen LogP contribution is 2.81. The fourth-order valence-electron chi connectivity index (χ4n) is 2.70. The Labute approximate surface area is 116 Å². The Hall–Kier alpha value is -0.610. The Morgan fingerprint density at radius 3 is 2.47 bits per heavy atom. The summed E-state index contributed by atoms with van der Waals surface area (Å²) in [6.07, 6.45) is 4.36. The first-order chi connectivity index (χ1) is 8.84. The molecule has 104 valence electrons. The SMILES string of the molecule is Cc1ccc2c(c1)C=C(C1CCC1)S2(Cl)C(F)(F)F. The second kappa shape index (κ2) is 4.19. The van der Waals surface area contributed by atoms with Crippen LogP contribution in [0.3, 0.4) is 0 Å². The molecule has 1 aliphatic carbocycles. The average Bonchev–Trinajstić information content (AvgIpc) is 2.50. The second-order valence-electron chi connectivity index (χ2n) is 5.20. The van der Waals surface area contributed by atoms with Crippen molar-refractivity contribution in [1.29, 1.82) is 0 Å². The molecule has 0 aromatic heterocycles. The van der Waals surface area contributed by atoms with Crippen LogP contribution in [0.15, 0.2) is 28.0 Å². The first kappa shape index (κ1) is 13.4. The molecule has 1 saturated carbocycles. The van der Waals surface area contributed by atoms with Gasteiger partial charge in [0.1, 0.15) is 0 Å². The quantitative estimate of drug-likeness (QED) is 0.598. The number of aryl methyl sites for hydroxylation is 1. The smallest absolute Gasteiger partial charge is 0.160 e. The van der Waals surface area contributed by atoms with Crippen molar-refractivity contribution in [3.63, 3.8) is 0 Å². The van der Waals surface area contributed by atoms with E-state index in [2.05, 4.69) is 0 Å². The average molecular weight is 307 g/mol. The van der Waals surface area contributed by atoms with E-state index in [0.29, 0.717) is 10.5 Å². The van der Waals surface area contributed by atoms with Crippen LogP contribution in [0, 0.1) is 12.8 Å². The van der Waals surface area contributed by atoms with Gasteiger partial charge in [-0.15, -0.1) is 0 Å². The van der Waals surface area contributed by atoms with Crippen LogP contribution in [0.25, 0.3) is 6.08 Å². The number of fused-ring (bicyclic) bond motifs is 1. The van der Waals surface area contributed by atoms with Gasteiger partial charge >= 0.3 is 5.51 Å². The van der Waals surface area contributed by atoms with Crippen LogP contribution < -0.4 is 0 Å². The highest BCUT2D eigenvalue weighted by Gasteiger charge is 2.57. The number of benzene rings is 1. The molecule has 0 nitrogen and oxygen atoms in total. The zero-order valence-electron chi connectivity index (χ0n) is 10.4. The first-order valence-corrected chi connectivity index (χ1v) is 8.71. The lowest BCUT2D eigenvalue weighted by Crippen LogP contribution is -2.23. The van der Waals surface area contributed by atoms with Crippen LogP contribution in [0.2, 0.25) is 0 Å². The van der Waals surface area contributed by atoms with Gasteiger partial charge in [-0.25, -0.2) is 0 Å². The summed E-state index contributed by atoms with van der Waals surface area (Å²) in [5, 5.41) is 0. The van der Waals surface area contributed by atoms with Gasteiger partial charge in [0.25, 0.3) is 0 Å². The summed E-state index contributed by atoms with van der Waals surface area (Å²) in [5.41, 5.74) is -2.76. The Morgan fingerprint density at radius 2 is 1.95 bits per heavy atom. The van der Waals surface area contributed by atoms with Gasteiger partial charge in [0.05, 0.1) is 0 Å². The van der Waals surface area contributed by atoms with Crippen LogP contribution in [0.4, 0.5) is 13.2 Å². The van der Waals surface area contributed by atoms with Crippen LogP contribution in [0.1, 0.15) is 30.4 Å². The fraction of sp³-hybridized carbons (Fsp3) is 0.429. The summed E-state index contributed by atoms with van der Waals surface area (Å²) >= 11 is 0. The van der Waals surface area contributed by atoms with Crippen molar-refractivity contribution >= 4 is 26.0 Å². The summed E-state index contributed by atoms with van der Waals surface area (Å²) < 4.78 is 40.7. The van der Waals surface area contributed by atoms with Gasteiger partial charge in [-0.1, -0.05) is 24.1 Å². The highest BCUT2D eigenvalue weighted by atomic mass is 35.7. The maximum Gasteiger partial charge on any atom is 0.445 e. The normalized spacial score (nSPS) is 30.3. The van der Waals surface area contributed by atoms with Crippen molar-refractivity contribution in [3.05, 3.63) is 34.2 Å². The van der Waals surface area contributed by atoms with Gasteiger partial charge in [0.2, 0.25) is 0 Å². The minimum atomic E-state index is -4.38. The summed E-state index contributed by atoms with van der Waals surface area (Å²) in [7, 11) is 2.83. The molecule has 0 saturated heterocycles. The third-order valence-corrected chi connectivity index (χ3v) is 8.19. The predicted molar refractivity (Wildman–Crippen MR) is 74.3 cm³/mol. The molecule has 5 heteroatoms. The molecule has 2 aliphatic rings.